The average molecular weight is 1080 g/mol. The summed E-state index contributed by atoms with van der Waals surface area (Å²) in [6.45, 7) is 14.1. The fraction of sp³-hybridized carbons (Fsp3) is 0.323. The first-order valence-electron chi connectivity index (χ1n) is 29.0. The maximum atomic E-state index is 12.6. The Morgan fingerprint density at radius 1 is 0.537 bits per heavy atom. The van der Waals surface area contributed by atoms with Crippen molar-refractivity contribution >= 4 is 11.0 Å². The summed E-state index contributed by atoms with van der Waals surface area (Å²) in [5.41, 5.74) is 4.21. The Hall–Kier alpha value is -5.57. The van der Waals surface area contributed by atoms with Gasteiger partial charge in [-0.05, 0) is 90.8 Å². The van der Waals surface area contributed by atoms with Crippen molar-refractivity contribution in [2.24, 2.45) is 0 Å². The van der Waals surface area contributed by atoms with Crippen LogP contribution in [-0.4, -0.2) is 19.6 Å². The van der Waals surface area contributed by atoms with Crippen LogP contribution in [0.15, 0.2) is 133 Å². The van der Waals surface area contributed by atoms with E-state index < -0.39 is 66.5 Å². The Morgan fingerprint density at radius 3 is 1.79 bits per heavy atom. The van der Waals surface area contributed by atoms with Gasteiger partial charge in [-0.25, -0.2) is 4.98 Å². The quantitative estimate of drug-likeness (QED) is 0.169. The molecule has 4 nitrogen and oxygen atoms in total. The predicted octanol–water partition coefficient (Wildman–Crippen LogP) is 16.7. The fourth-order valence-electron chi connectivity index (χ4n) is 8.26. The Balaban J connectivity index is 0.00000924. The Bertz CT molecular complexity index is 3620. The number of benzene rings is 6. The molecule has 0 fully saturated rings. The maximum absolute atomic E-state index is 12.6. The van der Waals surface area contributed by atoms with Crippen LogP contribution in [0.25, 0.3) is 72.7 Å². The van der Waals surface area contributed by atoms with Crippen molar-refractivity contribution in [3.8, 4) is 67.5 Å². The molecule has 5 heteroatoms. The number of pyridine rings is 1. The molecule has 0 aliphatic rings. The van der Waals surface area contributed by atoms with E-state index in [4.69, 9.17) is 27.8 Å². The van der Waals surface area contributed by atoms with Crippen LogP contribution in [0.4, 0.5) is 0 Å². The van der Waals surface area contributed by atoms with Crippen molar-refractivity contribution in [1.29, 1.82) is 0 Å². The molecule has 6 aromatic carbocycles. The van der Waals surface area contributed by atoms with E-state index in [1.165, 1.54) is 12.3 Å². The van der Waals surface area contributed by atoms with Crippen LogP contribution >= 0.6 is 0 Å². The second kappa shape index (κ2) is 17.8. The third-order valence-electron chi connectivity index (χ3n) is 12.2. The van der Waals surface area contributed by atoms with Crippen LogP contribution in [0.5, 0.6) is 5.75 Å². The number of rotatable bonds is 6. The van der Waals surface area contributed by atoms with Gasteiger partial charge in [0.2, 0.25) is 0 Å². The maximum Gasteiger partial charge on any atom is 0.148 e. The molecule has 67 heavy (non-hydrogen) atoms. The molecule has 0 spiro atoms. The van der Waals surface area contributed by atoms with Crippen LogP contribution in [0.2, 0.25) is 0 Å². The van der Waals surface area contributed by atoms with Crippen LogP contribution in [0.3, 0.4) is 0 Å². The molecule has 1 N–H and O–H groups in total. The van der Waals surface area contributed by atoms with Gasteiger partial charge in [-0.1, -0.05) is 200 Å². The number of fused-ring (bicyclic) bond motifs is 1. The molecule has 0 radical (unpaired) electrons. The Kier molecular flexibility index (Phi) is 9.22. The number of aromatic hydroxyl groups is 1. The molecule has 0 amide bonds. The molecule has 348 valence electrons. The van der Waals surface area contributed by atoms with Gasteiger partial charge >= 0.3 is 0 Å². The van der Waals surface area contributed by atoms with Crippen molar-refractivity contribution in [2.45, 2.75) is 131 Å². The zero-order valence-corrected chi connectivity index (χ0v) is 42.8. The van der Waals surface area contributed by atoms with E-state index in [1.807, 2.05) is 48.5 Å². The first-order valence-corrected chi connectivity index (χ1v) is 22.5. The molecule has 0 atom stereocenters. The molecule has 0 bridgehead atoms. The van der Waals surface area contributed by atoms with E-state index in [1.54, 1.807) is 6.07 Å². The van der Waals surface area contributed by atoms with E-state index in [0.717, 1.165) is 44.6 Å². The van der Waals surface area contributed by atoms with Gasteiger partial charge in [0.05, 0.1) is 27.8 Å². The summed E-state index contributed by atoms with van der Waals surface area (Å²) >= 11 is 0. The smallest absolute Gasteiger partial charge is 0.148 e. The third-order valence-corrected chi connectivity index (χ3v) is 12.2. The summed E-state index contributed by atoms with van der Waals surface area (Å²) < 4.78 is 113. The van der Waals surface area contributed by atoms with Crippen LogP contribution in [-0.2, 0) is 48.1 Å². The predicted molar refractivity (Wildman–Crippen MR) is 280 cm³/mol. The Morgan fingerprint density at radius 2 is 1.16 bits per heavy atom. The van der Waals surface area contributed by atoms with E-state index in [0.29, 0.717) is 39.3 Å². The number of nitrogens with zero attached hydrogens (tertiary/aromatic N) is 3. The van der Waals surface area contributed by atoms with Crippen LogP contribution in [0, 0.1) is 6.07 Å². The van der Waals surface area contributed by atoms with Crippen molar-refractivity contribution in [3.05, 3.63) is 167 Å². The standard InChI is InChI=1S/C62H68N3O.Pt/c1-58(2,3)44-26-24-39(25-27-44)41-30-31-63-52(35-41)43-32-42(33-46(34-43)60(7,8)9)48-22-19-23-54-55(48)64-57(50-37-47(61(10,11)12)38-51(56(50)66)62(13,14)15)65(54)53-29-28-45(59(4,5)6)36-49(53)40-20-17-16-18-21-40;/h16-31,33-38,66H,1-15H3;/q-1;/i1D3,2D3,3D3,24D,25D,26D,27D;. The first kappa shape index (κ1) is 34.7. The van der Waals surface area contributed by atoms with E-state index in [-0.39, 0.29) is 48.8 Å². The van der Waals surface area contributed by atoms with Gasteiger partial charge in [0.25, 0.3) is 0 Å². The zero-order chi connectivity index (χ0) is 58.7. The van der Waals surface area contributed by atoms with Crippen LogP contribution in [0.1, 0.15) is 149 Å². The van der Waals surface area contributed by atoms with E-state index in [2.05, 4.69) is 136 Å². The molecule has 0 saturated carbocycles. The fourth-order valence-corrected chi connectivity index (χ4v) is 8.26. The molecule has 8 rings (SSSR count). The molecule has 0 aliphatic carbocycles. The van der Waals surface area contributed by atoms with Gasteiger partial charge in [-0.2, -0.15) is 0 Å². The van der Waals surface area contributed by atoms with E-state index >= 15 is 0 Å². The topological polar surface area (TPSA) is 50.9 Å². The summed E-state index contributed by atoms with van der Waals surface area (Å²) in [4.78, 5) is 10.3. The van der Waals surface area contributed by atoms with Crippen molar-refractivity contribution in [1.82, 2.24) is 14.5 Å². The zero-order valence-electron chi connectivity index (χ0n) is 53.5. The summed E-state index contributed by atoms with van der Waals surface area (Å²) in [7, 11) is 0. The number of aromatic nitrogens is 3. The minimum atomic E-state index is -3.81. The number of phenolic OH excluding ortho intramolecular Hbond substituents is 1. The first-order chi connectivity index (χ1) is 36.2. The van der Waals surface area contributed by atoms with Gasteiger partial charge in [-0.3, -0.25) is 9.55 Å². The third kappa shape index (κ3) is 10.0. The number of hydrogen-bond acceptors (Lipinski definition) is 3. The summed E-state index contributed by atoms with van der Waals surface area (Å²) in [6.07, 6.45) is 1.42. The summed E-state index contributed by atoms with van der Waals surface area (Å²) in [5, 5.41) is 12.6. The minimum absolute atomic E-state index is 0. The molecular weight excluding hydrogens is 998 g/mol. The van der Waals surface area contributed by atoms with Crippen LogP contribution < -0.4 is 0 Å². The van der Waals surface area contributed by atoms with Crippen molar-refractivity contribution in [3.63, 3.8) is 0 Å². The normalized spacial score (nSPS) is 16.0. The molecule has 0 aliphatic heterocycles. The molecule has 2 aromatic heterocycles. The molecule has 0 unspecified atom stereocenters. The van der Waals surface area contributed by atoms with Crippen molar-refractivity contribution < 1.29 is 44.0 Å². The second-order valence-corrected chi connectivity index (χ2v) is 21.6. The molecule has 8 aromatic rings. The van der Waals surface area contributed by atoms with Crippen molar-refractivity contribution in [2.75, 3.05) is 0 Å². The number of phenols is 1. The molecule has 0 saturated heterocycles. The number of imidazole rings is 1. The summed E-state index contributed by atoms with van der Waals surface area (Å²) in [6, 6.07) is 33.6. The van der Waals surface area contributed by atoms with Gasteiger partial charge in [-0.15, -0.1) is 29.3 Å². The monoisotopic (exact) mass is 1080 g/mol. The SMILES string of the molecule is [2H]c1c([2H])c(C(C([2H])([2H])[2H])(C([2H])([2H])[2H])C([2H])([2H])[2H])c([2H])c([2H])c1-c1ccnc(-c2[c-]c(-c3cccc4c3nc(-c3cc(C(C)(C)C)cc(C(C)(C)C)c3O)n4-c3ccc(C(C)(C)C)cc3-c3ccccc3)cc(C(C)(C)C)c2)c1.[Pt]. The van der Waals surface area contributed by atoms with Gasteiger partial charge in [0.15, 0.2) is 0 Å². The molecular formula is C62H68N3OPt-. The minimum Gasteiger partial charge on any atom is -0.507 e. The van der Waals surface area contributed by atoms with Gasteiger partial charge < -0.3 is 5.11 Å². The largest absolute Gasteiger partial charge is 0.507 e. The van der Waals surface area contributed by atoms with Gasteiger partial charge in [0, 0.05) is 56.4 Å². The number of para-hydroxylation sites is 1. The summed E-state index contributed by atoms with van der Waals surface area (Å²) in [5.74, 6) is 0.654. The number of hydrogen-bond donors (Lipinski definition) is 1. The Labute approximate surface area is 433 Å². The van der Waals surface area contributed by atoms with E-state index in [9.17, 15) is 5.11 Å². The van der Waals surface area contributed by atoms with Gasteiger partial charge in [0.1, 0.15) is 11.6 Å². The average Bonchev–Trinajstić information content (AvgIpc) is 3.72. The molecule has 2 heterocycles. The second-order valence-electron chi connectivity index (χ2n) is 21.6.